The molecule has 0 unspecified atom stereocenters. The second-order valence-corrected chi connectivity index (χ2v) is 3.13. The van der Waals surface area contributed by atoms with Crippen molar-refractivity contribution in [1.29, 1.82) is 0 Å². The molecule has 0 atom stereocenters. The Morgan fingerprint density at radius 1 is 1.18 bits per heavy atom. The van der Waals surface area contributed by atoms with Crippen LogP contribution in [0.25, 0.3) is 0 Å². The van der Waals surface area contributed by atoms with E-state index in [1.165, 1.54) is 9.80 Å². The van der Waals surface area contributed by atoms with E-state index in [0.29, 0.717) is 4.67 Å². The predicted molar refractivity (Wildman–Crippen MR) is 40.9 cm³/mol. The van der Waals surface area contributed by atoms with Crippen molar-refractivity contribution in [1.82, 2.24) is 9.80 Å². The molecule has 2 amide bonds. The number of hydrogen-bond acceptors (Lipinski definition) is 2. The van der Waals surface area contributed by atoms with Crippen molar-refractivity contribution in [3.63, 3.8) is 0 Å². The van der Waals surface area contributed by atoms with E-state index < -0.39 is 0 Å². The molecule has 0 bridgehead atoms. The van der Waals surface area contributed by atoms with Crippen LogP contribution in [0.4, 0.5) is 0 Å². The summed E-state index contributed by atoms with van der Waals surface area (Å²) in [5.74, 6) is -0.330. The Balaban J connectivity index is 2.87. The van der Waals surface area contributed by atoms with Crippen LogP contribution in [0.3, 0.4) is 0 Å². The molecular formula is C6H8N2O2Se. The van der Waals surface area contributed by atoms with Gasteiger partial charge in [-0.15, -0.1) is 0 Å². The summed E-state index contributed by atoms with van der Waals surface area (Å²) < 4.78 is 0.561. The van der Waals surface area contributed by atoms with Gasteiger partial charge in [-0.3, -0.25) is 0 Å². The number of carbonyl (C=O) groups excluding carboxylic acids is 2. The van der Waals surface area contributed by atoms with E-state index in [-0.39, 0.29) is 18.2 Å². The minimum absolute atomic E-state index is 0.0296. The van der Waals surface area contributed by atoms with Gasteiger partial charge in [0.05, 0.1) is 0 Å². The van der Waals surface area contributed by atoms with Crippen molar-refractivity contribution in [2.75, 3.05) is 14.1 Å². The molecule has 1 aliphatic rings. The molecule has 0 saturated carbocycles. The van der Waals surface area contributed by atoms with Crippen LogP contribution in [0.1, 0.15) is 6.42 Å². The molecule has 0 aromatic carbocycles. The first-order chi connectivity index (χ1) is 5.04. The average Bonchev–Trinajstić information content (AvgIpc) is 1.97. The molecule has 60 valence electrons. The number of amides is 2. The second-order valence-electron chi connectivity index (χ2n) is 2.36. The molecule has 0 aromatic heterocycles. The molecule has 0 spiro atoms. The van der Waals surface area contributed by atoms with E-state index in [0.717, 1.165) is 0 Å². The summed E-state index contributed by atoms with van der Waals surface area (Å²) >= 11 is 2.67. The standard InChI is InChI=1S/C6H8N2O2Se/c1-7-4(9)3-5(10)8(2)6(7)11/h3H2,1-2H3. The van der Waals surface area contributed by atoms with Crippen LogP contribution < -0.4 is 0 Å². The molecule has 1 fully saturated rings. The molecule has 0 N–H and O–H groups in total. The summed E-state index contributed by atoms with van der Waals surface area (Å²) in [5, 5.41) is 0. The van der Waals surface area contributed by atoms with Crippen LogP contribution in [0.2, 0.25) is 0 Å². The Bertz CT molecular complexity index is 217. The summed E-state index contributed by atoms with van der Waals surface area (Å²) in [4.78, 5) is 24.9. The first kappa shape index (κ1) is 8.43. The van der Waals surface area contributed by atoms with E-state index in [1.807, 2.05) is 0 Å². The van der Waals surface area contributed by atoms with Gasteiger partial charge in [0, 0.05) is 0 Å². The normalized spacial score (nSPS) is 19.6. The first-order valence-corrected chi connectivity index (χ1v) is 3.96. The monoisotopic (exact) mass is 220 g/mol. The van der Waals surface area contributed by atoms with Crippen LogP contribution in [-0.4, -0.2) is 56.0 Å². The van der Waals surface area contributed by atoms with Crippen LogP contribution in [-0.2, 0) is 9.59 Å². The fourth-order valence-corrected chi connectivity index (χ4v) is 1.23. The van der Waals surface area contributed by atoms with Crippen molar-refractivity contribution in [3.8, 4) is 0 Å². The van der Waals surface area contributed by atoms with Crippen LogP contribution in [0.15, 0.2) is 0 Å². The Kier molecular flexibility index (Phi) is 2.11. The number of nitrogens with zero attached hydrogens (tertiary/aromatic N) is 2. The summed E-state index contributed by atoms with van der Waals surface area (Å²) in [6.07, 6.45) is -0.0296. The van der Waals surface area contributed by atoms with Gasteiger partial charge in [0.2, 0.25) is 0 Å². The van der Waals surface area contributed by atoms with Gasteiger partial charge in [0.25, 0.3) is 0 Å². The second kappa shape index (κ2) is 2.75. The molecule has 4 nitrogen and oxygen atoms in total. The fraction of sp³-hybridized carbons (Fsp3) is 0.500. The van der Waals surface area contributed by atoms with Gasteiger partial charge in [-0.05, 0) is 0 Å². The Morgan fingerprint density at radius 3 is 1.91 bits per heavy atom. The third kappa shape index (κ3) is 1.34. The summed E-state index contributed by atoms with van der Waals surface area (Å²) in [7, 11) is 3.27. The zero-order valence-electron chi connectivity index (χ0n) is 6.33. The van der Waals surface area contributed by atoms with E-state index in [2.05, 4.69) is 15.6 Å². The zero-order chi connectivity index (χ0) is 8.59. The Labute approximate surface area is 72.5 Å². The first-order valence-electron chi connectivity index (χ1n) is 3.11. The van der Waals surface area contributed by atoms with Gasteiger partial charge in [-0.1, -0.05) is 0 Å². The summed E-state index contributed by atoms with van der Waals surface area (Å²) in [6.45, 7) is 0. The average molecular weight is 219 g/mol. The van der Waals surface area contributed by atoms with Crippen molar-refractivity contribution in [2.45, 2.75) is 6.42 Å². The van der Waals surface area contributed by atoms with Crippen molar-refractivity contribution >= 4 is 32.1 Å². The molecule has 1 aliphatic heterocycles. The minimum atomic E-state index is -0.165. The topological polar surface area (TPSA) is 40.6 Å². The van der Waals surface area contributed by atoms with Gasteiger partial charge < -0.3 is 0 Å². The van der Waals surface area contributed by atoms with Crippen LogP contribution >= 0.6 is 0 Å². The Hall–Kier alpha value is -0.671. The van der Waals surface area contributed by atoms with Crippen molar-refractivity contribution in [2.24, 2.45) is 0 Å². The number of carbonyl (C=O) groups is 2. The number of rotatable bonds is 0. The molecule has 1 rings (SSSR count). The molecule has 0 aromatic rings. The van der Waals surface area contributed by atoms with E-state index in [4.69, 9.17) is 0 Å². The molecule has 5 heteroatoms. The van der Waals surface area contributed by atoms with E-state index in [9.17, 15) is 9.59 Å². The predicted octanol–water partition coefficient (Wildman–Crippen LogP) is -1.44. The Morgan fingerprint density at radius 2 is 1.55 bits per heavy atom. The quantitative estimate of drug-likeness (QED) is 0.370. The fourth-order valence-electron chi connectivity index (χ4n) is 0.805. The third-order valence-corrected chi connectivity index (χ3v) is 2.77. The summed E-state index contributed by atoms with van der Waals surface area (Å²) in [6, 6.07) is 0. The molecule has 11 heavy (non-hydrogen) atoms. The van der Waals surface area contributed by atoms with Gasteiger partial charge in [0.15, 0.2) is 0 Å². The zero-order valence-corrected chi connectivity index (χ0v) is 8.04. The molecule has 0 radical (unpaired) electrons. The van der Waals surface area contributed by atoms with E-state index in [1.54, 1.807) is 14.1 Å². The molecule has 1 saturated heterocycles. The van der Waals surface area contributed by atoms with Crippen LogP contribution in [0, 0.1) is 0 Å². The SMILES string of the molecule is CN1C(=O)CC(=O)N(C)C1=[Se]. The number of hydrogen-bond donors (Lipinski definition) is 0. The molecule has 1 heterocycles. The maximum atomic E-state index is 11.0. The third-order valence-electron chi connectivity index (χ3n) is 1.62. The van der Waals surface area contributed by atoms with Gasteiger partial charge in [0.1, 0.15) is 0 Å². The molecule has 0 aliphatic carbocycles. The van der Waals surface area contributed by atoms with Crippen molar-refractivity contribution in [3.05, 3.63) is 0 Å². The van der Waals surface area contributed by atoms with Gasteiger partial charge >= 0.3 is 72.0 Å². The maximum absolute atomic E-state index is 11.0. The summed E-state index contributed by atoms with van der Waals surface area (Å²) in [5.41, 5.74) is 0. The van der Waals surface area contributed by atoms with E-state index >= 15 is 0 Å². The van der Waals surface area contributed by atoms with Crippen LogP contribution in [0.5, 0.6) is 0 Å². The van der Waals surface area contributed by atoms with Gasteiger partial charge in [-0.25, -0.2) is 0 Å². The molecular weight excluding hydrogens is 211 g/mol. The van der Waals surface area contributed by atoms with Crippen molar-refractivity contribution < 1.29 is 9.59 Å². The van der Waals surface area contributed by atoms with Gasteiger partial charge in [-0.2, -0.15) is 0 Å².